The number of carbonyl (C=O) groups excluding carboxylic acids is 1. The van der Waals surface area contributed by atoms with E-state index in [1.165, 1.54) is 39.0 Å². The lowest BCUT2D eigenvalue weighted by molar-refractivity contribution is -0.117. The third kappa shape index (κ3) is 5.00. The molecule has 0 saturated carbocycles. The third-order valence-electron chi connectivity index (χ3n) is 7.06. The Labute approximate surface area is 197 Å². The quantitative estimate of drug-likeness (QED) is 0.615. The van der Waals surface area contributed by atoms with Crippen molar-refractivity contribution in [1.29, 1.82) is 0 Å². The Bertz CT molecular complexity index is 1070. The minimum Gasteiger partial charge on any atom is -0.403 e. The average molecular weight is 473 g/mol. The fraction of sp³-hybridized carbons (Fsp3) is 0.583. The number of amides is 1. The first-order chi connectivity index (χ1) is 15.8. The van der Waals surface area contributed by atoms with Crippen LogP contribution in [0, 0.1) is 0 Å². The van der Waals surface area contributed by atoms with Gasteiger partial charge in [-0.05, 0) is 92.8 Å². The summed E-state index contributed by atoms with van der Waals surface area (Å²) in [5.41, 5.74) is 12.7. The number of hydrogen-bond acceptors (Lipinski definition) is 5. The number of aryl methyl sites for hydroxylation is 2. The lowest BCUT2D eigenvalue weighted by atomic mass is 9.92. The van der Waals surface area contributed by atoms with Crippen molar-refractivity contribution in [1.82, 2.24) is 9.21 Å². The first-order valence-corrected chi connectivity index (χ1v) is 13.4. The molecule has 1 fully saturated rings. The molecule has 33 heavy (non-hydrogen) atoms. The van der Waals surface area contributed by atoms with Gasteiger partial charge in [0.2, 0.25) is 10.1 Å². The molecule has 2 aliphatic carbocycles. The molecular weight excluding hydrogens is 436 g/mol. The lowest BCUT2D eigenvalue weighted by Crippen LogP contribution is -2.51. The smallest absolute Gasteiger partial charge is 0.260 e. The van der Waals surface area contributed by atoms with E-state index >= 15 is 0 Å². The zero-order valence-electron chi connectivity index (χ0n) is 19.8. The lowest BCUT2D eigenvalue weighted by Gasteiger charge is -2.39. The number of carbonyl (C=O) groups is 1. The number of likely N-dealkylation sites (tertiary alicyclic amines) is 1. The molecule has 0 bridgehead atoms. The van der Waals surface area contributed by atoms with E-state index in [-0.39, 0.29) is 12.5 Å². The number of fused-ring (bicyclic) bond motifs is 2. The fourth-order valence-corrected chi connectivity index (χ4v) is 7.19. The molecule has 0 radical (unpaired) electrons. The van der Waals surface area contributed by atoms with Gasteiger partial charge in [0.15, 0.2) is 0 Å². The van der Waals surface area contributed by atoms with Crippen LogP contribution in [0.25, 0.3) is 0 Å². The summed E-state index contributed by atoms with van der Waals surface area (Å²) in [7, 11) is 0.0982. The second kappa shape index (κ2) is 9.95. The van der Waals surface area contributed by atoms with Crippen molar-refractivity contribution in [2.45, 2.75) is 63.8 Å². The molecule has 1 aromatic rings. The second-order valence-corrected chi connectivity index (χ2v) is 11.1. The molecule has 3 aliphatic rings. The summed E-state index contributed by atoms with van der Waals surface area (Å²) >= 11 is 0. The zero-order chi connectivity index (χ0) is 23.6. The van der Waals surface area contributed by atoms with Crippen molar-refractivity contribution < 1.29 is 9.00 Å². The van der Waals surface area contributed by atoms with E-state index in [0.29, 0.717) is 12.2 Å². The number of likely N-dealkylation sites (N-methyl/N-ethyl adjacent to an activating group) is 1. The zero-order valence-corrected chi connectivity index (χ0v) is 20.6. The Morgan fingerprint density at radius 1 is 1.21 bits per heavy atom. The van der Waals surface area contributed by atoms with Gasteiger partial charge >= 0.3 is 0 Å². The molecule has 4 N–H and O–H groups in total. The highest BCUT2D eigenvalue weighted by Gasteiger charge is 2.32. The van der Waals surface area contributed by atoms with Crippen LogP contribution >= 0.6 is 0 Å². The standard InChI is InChI=1S/C24H36N6O2S/c1-27-15-20(14-25)30(19-8-5-11-29(2)16-19)33(26,32)28-24(31)13-23-21-9-3-6-17(21)12-18-7-4-10-22(18)23/h12,14-15,19H,3-11,13,16,25H2,1-2H3,(H2,26,28,31,32). The summed E-state index contributed by atoms with van der Waals surface area (Å²) in [6.07, 6.45) is 11.1. The summed E-state index contributed by atoms with van der Waals surface area (Å²) in [6.45, 7) is 1.62. The number of piperidine rings is 1. The number of hydrogen-bond donors (Lipinski definition) is 2. The van der Waals surface area contributed by atoms with Crippen molar-refractivity contribution >= 4 is 22.2 Å². The largest absolute Gasteiger partial charge is 0.403 e. The first kappa shape index (κ1) is 23.9. The Morgan fingerprint density at radius 2 is 1.88 bits per heavy atom. The minimum absolute atomic E-state index is 0.154. The molecule has 2 atom stereocenters. The summed E-state index contributed by atoms with van der Waals surface area (Å²) in [4.78, 5) is 19.4. The van der Waals surface area contributed by atoms with Crippen LogP contribution in [0.5, 0.6) is 0 Å². The predicted molar refractivity (Wildman–Crippen MR) is 133 cm³/mol. The second-order valence-electron chi connectivity index (χ2n) is 9.40. The molecule has 1 amide bonds. The highest BCUT2D eigenvalue weighted by Crippen LogP contribution is 2.35. The third-order valence-corrected chi connectivity index (χ3v) is 8.60. The van der Waals surface area contributed by atoms with Crippen molar-refractivity contribution in [3.63, 3.8) is 0 Å². The van der Waals surface area contributed by atoms with Crippen LogP contribution in [-0.4, -0.2) is 58.8 Å². The molecule has 1 aromatic carbocycles. The van der Waals surface area contributed by atoms with Crippen molar-refractivity contribution in [3.05, 3.63) is 45.8 Å². The van der Waals surface area contributed by atoms with Gasteiger partial charge in [0.1, 0.15) is 0 Å². The summed E-state index contributed by atoms with van der Waals surface area (Å²) < 4.78 is 19.4. The number of nitrogens with two attached hydrogens (primary N) is 2. The molecule has 180 valence electrons. The maximum atomic E-state index is 13.8. The van der Waals surface area contributed by atoms with E-state index in [1.807, 2.05) is 7.05 Å². The maximum Gasteiger partial charge on any atom is 0.260 e. The van der Waals surface area contributed by atoms with Gasteiger partial charge in [-0.15, -0.1) is 4.36 Å². The van der Waals surface area contributed by atoms with Crippen LogP contribution in [0.4, 0.5) is 0 Å². The Morgan fingerprint density at radius 3 is 2.45 bits per heavy atom. The number of benzene rings is 1. The van der Waals surface area contributed by atoms with E-state index in [1.54, 1.807) is 7.05 Å². The molecule has 8 nitrogen and oxygen atoms in total. The van der Waals surface area contributed by atoms with Crippen LogP contribution < -0.4 is 10.9 Å². The Hall–Kier alpha value is -2.23. The van der Waals surface area contributed by atoms with Gasteiger partial charge in [0, 0.05) is 26.0 Å². The van der Waals surface area contributed by atoms with E-state index < -0.39 is 16.0 Å². The van der Waals surface area contributed by atoms with Gasteiger partial charge in [-0.2, -0.15) is 0 Å². The van der Waals surface area contributed by atoms with Crippen molar-refractivity contribution in [3.8, 4) is 0 Å². The fourth-order valence-electron chi connectivity index (χ4n) is 5.73. The highest BCUT2D eigenvalue weighted by atomic mass is 32.2. The van der Waals surface area contributed by atoms with Gasteiger partial charge < -0.3 is 10.6 Å². The molecular formula is C24H36N6O2S. The van der Waals surface area contributed by atoms with Gasteiger partial charge in [-0.1, -0.05) is 6.07 Å². The van der Waals surface area contributed by atoms with Gasteiger partial charge in [-0.3, -0.25) is 14.1 Å². The predicted octanol–water partition coefficient (Wildman–Crippen LogP) is 1.89. The van der Waals surface area contributed by atoms with Crippen LogP contribution in [0.2, 0.25) is 0 Å². The van der Waals surface area contributed by atoms with Crippen molar-refractivity contribution in [2.24, 2.45) is 20.2 Å². The number of allylic oxidation sites excluding steroid dienone is 1. The number of aliphatic imine (C=N–C) groups is 1. The number of nitrogens with zero attached hydrogens (tertiary/aromatic N) is 4. The molecule has 2 unspecified atom stereocenters. The van der Waals surface area contributed by atoms with Crippen molar-refractivity contribution in [2.75, 3.05) is 27.2 Å². The number of rotatable bonds is 6. The summed E-state index contributed by atoms with van der Waals surface area (Å²) in [5, 5.41) is 6.31. The van der Waals surface area contributed by atoms with Crippen LogP contribution in [0.15, 0.2) is 27.3 Å². The summed E-state index contributed by atoms with van der Waals surface area (Å²) in [5.74, 6) is -0.434. The molecule has 1 aliphatic heterocycles. The average Bonchev–Trinajstić information content (AvgIpc) is 3.42. The van der Waals surface area contributed by atoms with Gasteiger partial charge in [0.05, 0.1) is 18.2 Å². The Kier molecular flexibility index (Phi) is 7.21. The van der Waals surface area contributed by atoms with Gasteiger partial charge in [-0.25, -0.2) is 9.35 Å². The molecule has 4 rings (SSSR count). The SMILES string of the molecule is CN=CC(=CN)N(C1CCCN(C)C1)S(N)(=O)=NC(=O)Cc1c2c(cc3c1CCC3)CCC2. The first-order valence-electron chi connectivity index (χ1n) is 11.9. The van der Waals surface area contributed by atoms with Crippen LogP contribution in [0.3, 0.4) is 0 Å². The van der Waals surface area contributed by atoms with Crippen LogP contribution in [0.1, 0.15) is 53.5 Å². The molecule has 1 saturated heterocycles. The minimum atomic E-state index is -3.53. The van der Waals surface area contributed by atoms with Crippen LogP contribution in [-0.2, 0) is 47.0 Å². The molecule has 0 spiro atoms. The maximum absolute atomic E-state index is 13.8. The topological polar surface area (TPSA) is 117 Å². The van der Waals surface area contributed by atoms with E-state index in [2.05, 4.69) is 20.3 Å². The summed E-state index contributed by atoms with van der Waals surface area (Å²) in [6, 6.07) is 2.17. The van der Waals surface area contributed by atoms with E-state index in [0.717, 1.165) is 63.5 Å². The van der Waals surface area contributed by atoms with E-state index in [9.17, 15) is 9.00 Å². The molecule has 1 heterocycles. The molecule has 9 heteroatoms. The van der Waals surface area contributed by atoms with E-state index in [4.69, 9.17) is 10.9 Å². The normalized spacial score (nSPS) is 22.8. The molecule has 0 aromatic heterocycles. The highest BCUT2D eigenvalue weighted by molar-refractivity contribution is 7.89. The monoisotopic (exact) mass is 472 g/mol. The Balaban J connectivity index is 1.68. The van der Waals surface area contributed by atoms with Gasteiger partial charge in [0.25, 0.3) is 5.91 Å².